The lowest BCUT2D eigenvalue weighted by molar-refractivity contribution is 0.210. The monoisotopic (exact) mass is 350 g/mol. The fourth-order valence-corrected chi connectivity index (χ4v) is 3.85. The van der Waals surface area contributed by atoms with Crippen LogP contribution in [-0.2, 0) is 6.42 Å². The van der Waals surface area contributed by atoms with Crippen LogP contribution >= 0.6 is 0 Å². The van der Waals surface area contributed by atoms with Gasteiger partial charge in [0.25, 0.3) is 0 Å². The maximum atomic E-state index is 9.64. The molecule has 1 fully saturated rings. The van der Waals surface area contributed by atoms with E-state index in [0.29, 0.717) is 17.6 Å². The van der Waals surface area contributed by atoms with Crippen LogP contribution in [0.2, 0.25) is 0 Å². The van der Waals surface area contributed by atoms with Gasteiger partial charge in [-0.15, -0.1) is 5.10 Å². The fraction of sp³-hybridized carbons (Fsp3) is 0.400. The van der Waals surface area contributed by atoms with Crippen LogP contribution in [0.15, 0.2) is 35.7 Å². The van der Waals surface area contributed by atoms with E-state index >= 15 is 0 Å². The Labute approximate surface area is 152 Å². The lowest BCUT2D eigenvalue weighted by Crippen LogP contribution is -2.21. The Balaban J connectivity index is 1.69. The summed E-state index contributed by atoms with van der Waals surface area (Å²) in [5.74, 6) is 1.16. The molecule has 1 saturated carbocycles. The smallest absolute Gasteiger partial charge is 0.244 e. The average molecular weight is 350 g/mol. The Kier molecular flexibility index (Phi) is 4.29. The number of ether oxygens (including phenoxy) is 2. The van der Waals surface area contributed by atoms with E-state index in [9.17, 15) is 5.26 Å². The highest BCUT2D eigenvalue weighted by Crippen LogP contribution is 2.43. The van der Waals surface area contributed by atoms with Gasteiger partial charge in [0, 0.05) is 11.3 Å². The Bertz CT molecular complexity index is 870. The third kappa shape index (κ3) is 2.80. The predicted octanol–water partition coefficient (Wildman–Crippen LogP) is 3.51. The maximum absolute atomic E-state index is 9.64. The number of nitriles is 1. The first-order valence-corrected chi connectivity index (χ1v) is 9.12. The van der Waals surface area contributed by atoms with E-state index < -0.39 is 0 Å². The number of hydrogen-bond acceptors (Lipinski definition) is 5. The van der Waals surface area contributed by atoms with Gasteiger partial charge in [-0.2, -0.15) is 5.26 Å². The summed E-state index contributed by atoms with van der Waals surface area (Å²) < 4.78 is 11.6. The number of nitrogens with one attached hydrogen (secondary N) is 1. The zero-order valence-electron chi connectivity index (χ0n) is 14.8. The number of hydrogen-bond donors (Lipinski definition) is 2. The van der Waals surface area contributed by atoms with Crippen molar-refractivity contribution in [2.75, 3.05) is 0 Å². The SMILES string of the molecule is CCc1[nH]nc2c1C(c1ccc(OC3CCCC3)cc1)C(C#N)=C(N)O2. The Morgan fingerprint density at radius 2 is 2.04 bits per heavy atom. The molecule has 0 radical (unpaired) electrons. The minimum Gasteiger partial charge on any atom is -0.490 e. The van der Waals surface area contributed by atoms with Crippen LogP contribution in [-0.4, -0.2) is 16.3 Å². The van der Waals surface area contributed by atoms with Gasteiger partial charge in [-0.25, -0.2) is 0 Å². The summed E-state index contributed by atoms with van der Waals surface area (Å²) in [6, 6.07) is 10.2. The standard InChI is InChI=1S/C20H22N4O2/c1-2-16-18-17(15(11-21)19(22)26-20(18)24-23-16)12-7-9-14(10-8-12)25-13-5-3-4-6-13/h7-10,13,17H,2-6,22H2,1H3,(H,23,24). The van der Waals surface area contributed by atoms with Crippen LogP contribution in [0, 0.1) is 11.3 Å². The Morgan fingerprint density at radius 1 is 1.31 bits per heavy atom. The molecule has 1 aromatic carbocycles. The van der Waals surface area contributed by atoms with Crippen LogP contribution in [0.4, 0.5) is 0 Å². The molecule has 6 heteroatoms. The van der Waals surface area contributed by atoms with Crippen LogP contribution in [0.1, 0.15) is 55.3 Å². The number of fused-ring (bicyclic) bond motifs is 1. The third-order valence-electron chi connectivity index (χ3n) is 5.19. The largest absolute Gasteiger partial charge is 0.490 e. The molecule has 0 amide bonds. The average Bonchev–Trinajstić information content (AvgIpc) is 3.30. The van der Waals surface area contributed by atoms with Crippen LogP contribution < -0.4 is 15.2 Å². The summed E-state index contributed by atoms with van der Waals surface area (Å²) in [5.41, 5.74) is 9.22. The van der Waals surface area contributed by atoms with Gasteiger partial charge in [0.15, 0.2) is 0 Å². The first-order chi connectivity index (χ1) is 12.7. The Hall–Kier alpha value is -2.94. The van der Waals surface area contributed by atoms with E-state index in [-0.39, 0.29) is 11.8 Å². The van der Waals surface area contributed by atoms with Crippen molar-refractivity contribution in [3.05, 3.63) is 52.5 Å². The molecule has 2 aromatic rings. The minimum absolute atomic E-state index is 0.116. The molecular formula is C20H22N4O2. The molecule has 0 saturated heterocycles. The number of benzene rings is 1. The van der Waals surface area contributed by atoms with Crippen molar-refractivity contribution in [1.82, 2.24) is 10.2 Å². The number of aryl methyl sites for hydroxylation is 1. The highest BCUT2D eigenvalue weighted by Gasteiger charge is 2.34. The minimum atomic E-state index is -0.280. The molecule has 2 heterocycles. The third-order valence-corrected chi connectivity index (χ3v) is 5.19. The van der Waals surface area contributed by atoms with Crippen molar-refractivity contribution < 1.29 is 9.47 Å². The van der Waals surface area contributed by atoms with Gasteiger partial charge >= 0.3 is 0 Å². The molecule has 4 rings (SSSR count). The predicted molar refractivity (Wildman–Crippen MR) is 96.6 cm³/mol. The number of aromatic amines is 1. The van der Waals surface area contributed by atoms with E-state index in [2.05, 4.69) is 16.3 Å². The van der Waals surface area contributed by atoms with Gasteiger partial charge in [-0.3, -0.25) is 5.10 Å². The molecule has 1 aliphatic heterocycles. The number of aromatic nitrogens is 2. The molecule has 3 N–H and O–H groups in total. The van der Waals surface area contributed by atoms with Crippen molar-refractivity contribution in [3.8, 4) is 17.7 Å². The second-order valence-corrected chi connectivity index (χ2v) is 6.79. The van der Waals surface area contributed by atoms with E-state index in [4.69, 9.17) is 15.2 Å². The molecule has 1 aromatic heterocycles. The molecule has 0 spiro atoms. The van der Waals surface area contributed by atoms with E-state index in [0.717, 1.165) is 41.8 Å². The highest BCUT2D eigenvalue weighted by atomic mass is 16.5. The molecule has 134 valence electrons. The van der Waals surface area contributed by atoms with Crippen LogP contribution in [0.3, 0.4) is 0 Å². The zero-order chi connectivity index (χ0) is 18.1. The second-order valence-electron chi connectivity index (χ2n) is 6.79. The van der Waals surface area contributed by atoms with Crippen LogP contribution in [0.5, 0.6) is 11.6 Å². The number of rotatable bonds is 4. The van der Waals surface area contributed by atoms with Gasteiger partial charge in [-0.1, -0.05) is 19.1 Å². The molecule has 1 unspecified atom stereocenters. The van der Waals surface area contributed by atoms with Gasteiger partial charge in [0.2, 0.25) is 11.8 Å². The van der Waals surface area contributed by atoms with Gasteiger partial charge in [0.1, 0.15) is 17.4 Å². The summed E-state index contributed by atoms with van der Waals surface area (Å²) in [7, 11) is 0. The lowest BCUT2D eigenvalue weighted by Gasteiger charge is -2.24. The first kappa shape index (κ1) is 16.5. The summed E-state index contributed by atoms with van der Waals surface area (Å²) >= 11 is 0. The molecule has 6 nitrogen and oxygen atoms in total. The van der Waals surface area contributed by atoms with Gasteiger partial charge in [-0.05, 0) is 49.8 Å². The second kappa shape index (κ2) is 6.75. The topological polar surface area (TPSA) is 97.0 Å². The molecular weight excluding hydrogens is 328 g/mol. The highest BCUT2D eigenvalue weighted by molar-refractivity contribution is 5.55. The normalized spacial score (nSPS) is 19.8. The summed E-state index contributed by atoms with van der Waals surface area (Å²) in [6.45, 7) is 2.04. The van der Waals surface area contributed by atoms with Crippen molar-refractivity contribution in [1.29, 1.82) is 5.26 Å². The van der Waals surface area contributed by atoms with E-state index in [1.807, 2.05) is 31.2 Å². The van der Waals surface area contributed by atoms with Gasteiger partial charge < -0.3 is 15.2 Å². The summed E-state index contributed by atoms with van der Waals surface area (Å²) in [5, 5.41) is 16.9. The molecule has 2 aliphatic rings. The van der Waals surface area contributed by atoms with Gasteiger partial charge in [0.05, 0.1) is 12.0 Å². The first-order valence-electron chi connectivity index (χ1n) is 9.12. The molecule has 0 bridgehead atoms. The number of nitrogens with two attached hydrogens (primary N) is 1. The lowest BCUT2D eigenvalue weighted by atomic mass is 9.83. The Morgan fingerprint density at radius 3 is 2.69 bits per heavy atom. The van der Waals surface area contributed by atoms with Crippen molar-refractivity contribution in [2.45, 2.75) is 51.0 Å². The molecule has 1 atom stereocenters. The molecule has 26 heavy (non-hydrogen) atoms. The molecule has 1 aliphatic carbocycles. The summed E-state index contributed by atoms with van der Waals surface area (Å²) in [4.78, 5) is 0. The van der Waals surface area contributed by atoms with Crippen molar-refractivity contribution in [2.24, 2.45) is 5.73 Å². The number of nitrogens with zero attached hydrogens (tertiary/aromatic N) is 2. The number of allylic oxidation sites excluding steroid dienone is 1. The van der Waals surface area contributed by atoms with E-state index in [1.165, 1.54) is 12.8 Å². The number of H-pyrrole nitrogens is 1. The van der Waals surface area contributed by atoms with E-state index in [1.54, 1.807) is 0 Å². The zero-order valence-corrected chi connectivity index (χ0v) is 14.8. The quantitative estimate of drug-likeness (QED) is 0.879. The fourth-order valence-electron chi connectivity index (χ4n) is 3.85. The van der Waals surface area contributed by atoms with Crippen LogP contribution in [0.25, 0.3) is 0 Å². The van der Waals surface area contributed by atoms with Crippen molar-refractivity contribution in [3.63, 3.8) is 0 Å². The van der Waals surface area contributed by atoms with Crippen molar-refractivity contribution >= 4 is 0 Å². The maximum Gasteiger partial charge on any atom is 0.244 e. The summed E-state index contributed by atoms with van der Waals surface area (Å²) in [6.07, 6.45) is 5.81.